The molecule has 0 amide bonds. The van der Waals surface area contributed by atoms with Crippen LogP contribution in [0.3, 0.4) is 0 Å². The van der Waals surface area contributed by atoms with Crippen LogP contribution in [0.4, 0.5) is 21.6 Å². The normalized spacial score (nSPS) is 24.5. The van der Waals surface area contributed by atoms with Gasteiger partial charge in [0.05, 0.1) is 29.6 Å². The highest BCUT2D eigenvalue weighted by atomic mass is 32.2. The third kappa shape index (κ3) is 4.09. The van der Waals surface area contributed by atoms with E-state index in [1.54, 1.807) is 6.07 Å². The zero-order valence-corrected chi connectivity index (χ0v) is 19.1. The van der Waals surface area contributed by atoms with Gasteiger partial charge in [0.1, 0.15) is 29.8 Å². The molecule has 2 aromatic carbocycles. The van der Waals surface area contributed by atoms with Gasteiger partial charge in [-0.3, -0.25) is 0 Å². The third-order valence-electron chi connectivity index (χ3n) is 6.31. The summed E-state index contributed by atoms with van der Waals surface area (Å²) < 4.78 is 36.7. The molecule has 1 N–H and O–H groups in total. The number of aromatic nitrogens is 2. The van der Waals surface area contributed by atoms with Gasteiger partial charge < -0.3 is 19.5 Å². The second-order valence-corrected chi connectivity index (χ2v) is 10.5. The van der Waals surface area contributed by atoms with Crippen LogP contribution in [0, 0.1) is 12.7 Å². The summed E-state index contributed by atoms with van der Waals surface area (Å²) in [4.78, 5) is 8.96. The van der Waals surface area contributed by atoms with Crippen LogP contribution in [0.25, 0.3) is 10.9 Å². The smallest absolute Gasteiger partial charge is 0.151 e. The van der Waals surface area contributed by atoms with Crippen LogP contribution >= 0.6 is 0 Å². The molecule has 3 fully saturated rings. The van der Waals surface area contributed by atoms with Crippen molar-refractivity contribution in [2.75, 3.05) is 30.0 Å². The van der Waals surface area contributed by atoms with Gasteiger partial charge in [0, 0.05) is 29.6 Å². The molecule has 0 bridgehead atoms. The Hall–Kier alpha value is -2.62. The number of ether oxygens (including phenoxy) is 3. The average molecular weight is 469 g/mol. The number of nitrogens with one attached hydrogen (secondary N) is 1. The highest BCUT2D eigenvalue weighted by Gasteiger charge is 2.43. The summed E-state index contributed by atoms with van der Waals surface area (Å²) >= 11 is 0. The predicted octanol–water partition coefficient (Wildman–Crippen LogP) is 4.59. The van der Waals surface area contributed by atoms with Crippen molar-refractivity contribution in [1.82, 2.24) is 9.97 Å². The molecule has 3 aliphatic heterocycles. The summed E-state index contributed by atoms with van der Waals surface area (Å²) in [5, 5.41) is 4.26. The largest absolute Gasteiger partial charge is 0.483 e. The summed E-state index contributed by atoms with van der Waals surface area (Å²) in [7, 11) is 0.148. The number of benzene rings is 2. The van der Waals surface area contributed by atoms with E-state index in [-0.39, 0.29) is 34.8 Å². The van der Waals surface area contributed by atoms with Crippen LogP contribution in [0.1, 0.15) is 18.4 Å². The lowest BCUT2D eigenvalue weighted by Gasteiger charge is -2.21. The van der Waals surface area contributed by atoms with Gasteiger partial charge in [0.2, 0.25) is 0 Å². The summed E-state index contributed by atoms with van der Waals surface area (Å²) in [5.41, 5.74) is 3.45. The topological polar surface area (TPSA) is 77.9 Å². The lowest BCUT2D eigenvalue weighted by atomic mass is 10.1. The van der Waals surface area contributed by atoms with Gasteiger partial charge >= 0.3 is 0 Å². The first-order valence-electron chi connectivity index (χ1n) is 11.3. The molecule has 3 saturated heterocycles. The minimum Gasteiger partial charge on any atom is -0.483 e. The molecule has 3 aliphatic rings. The highest BCUT2D eigenvalue weighted by Crippen LogP contribution is 2.36. The molecule has 9 heteroatoms. The number of anilines is 2. The molecule has 7 nitrogen and oxygen atoms in total. The molecule has 0 aliphatic carbocycles. The van der Waals surface area contributed by atoms with Crippen molar-refractivity contribution < 1.29 is 18.6 Å². The van der Waals surface area contributed by atoms with E-state index in [0.717, 1.165) is 28.6 Å². The third-order valence-corrected chi connectivity index (χ3v) is 8.30. The average Bonchev–Trinajstić information content (AvgIpc) is 3.38. The van der Waals surface area contributed by atoms with E-state index in [2.05, 4.69) is 21.4 Å². The molecule has 6 rings (SSSR count). The number of halogens is 1. The van der Waals surface area contributed by atoms with E-state index in [4.69, 9.17) is 18.6 Å². The summed E-state index contributed by atoms with van der Waals surface area (Å²) in [6.45, 7) is 3.12. The molecule has 0 spiro atoms. The van der Waals surface area contributed by atoms with Crippen molar-refractivity contribution >= 4 is 38.8 Å². The maximum absolute atomic E-state index is 14.1. The van der Waals surface area contributed by atoms with E-state index in [1.165, 1.54) is 36.4 Å². The van der Waals surface area contributed by atoms with Crippen molar-refractivity contribution in [3.05, 3.63) is 48.0 Å². The van der Waals surface area contributed by atoms with E-state index in [0.29, 0.717) is 30.5 Å². The van der Waals surface area contributed by atoms with Crippen molar-refractivity contribution in [3.8, 4) is 5.75 Å². The first-order chi connectivity index (χ1) is 16.1. The molecule has 4 heterocycles. The van der Waals surface area contributed by atoms with Gasteiger partial charge in [-0.2, -0.15) is 0 Å². The second kappa shape index (κ2) is 8.62. The minimum atomic E-state index is -0.370. The van der Waals surface area contributed by atoms with E-state index >= 15 is 0 Å². The lowest BCUT2D eigenvalue weighted by molar-refractivity contribution is 0.0310. The van der Waals surface area contributed by atoms with Crippen LogP contribution in [-0.2, 0) is 20.2 Å². The Labute approximate surface area is 193 Å². The SMILES string of the molecule is Cc1cc(N=S2CCC2)cc2ncnc(Nc3ccc(F)cc3OC3CO[C@@H]4CCOC34)c12. The molecular weight excluding hydrogens is 443 g/mol. The lowest BCUT2D eigenvalue weighted by Crippen LogP contribution is -2.32. The number of aryl methyl sites for hydroxylation is 1. The number of hydrogen-bond donors (Lipinski definition) is 1. The van der Waals surface area contributed by atoms with Gasteiger partial charge in [0.15, 0.2) is 6.10 Å². The molecule has 3 aromatic rings. The molecule has 3 atom stereocenters. The fraction of sp³-hybridized carbons (Fsp3) is 0.417. The number of rotatable bonds is 5. The Kier molecular flexibility index (Phi) is 5.48. The van der Waals surface area contributed by atoms with Crippen LogP contribution < -0.4 is 10.1 Å². The Morgan fingerprint density at radius 3 is 2.94 bits per heavy atom. The number of hydrogen-bond acceptors (Lipinski definition) is 7. The van der Waals surface area contributed by atoms with E-state index in [1.807, 2.05) is 13.0 Å². The van der Waals surface area contributed by atoms with E-state index < -0.39 is 0 Å². The quantitative estimate of drug-likeness (QED) is 0.590. The molecular formula is C24H25FN4O3S. The summed E-state index contributed by atoms with van der Waals surface area (Å²) in [6, 6.07) is 8.55. The molecule has 33 heavy (non-hydrogen) atoms. The molecule has 1 aromatic heterocycles. The van der Waals surface area contributed by atoms with Crippen molar-refractivity contribution in [3.63, 3.8) is 0 Å². The van der Waals surface area contributed by atoms with Crippen LogP contribution in [0.15, 0.2) is 41.0 Å². The standard InChI is InChI=1S/C24H25FN4O3S/c1-14-9-16(29-33-7-2-8-33)11-18-22(14)24(27-13-26-18)28-17-4-3-15(25)10-20(17)32-21-12-31-19-5-6-30-23(19)21/h3-4,9-11,13,19,21,23H,2,5-8,12H2,1H3,(H,26,27,28)/t19-,21?,23?/m1/s1. The van der Waals surface area contributed by atoms with Gasteiger partial charge in [-0.1, -0.05) is 10.7 Å². The van der Waals surface area contributed by atoms with Gasteiger partial charge in [-0.15, -0.1) is 0 Å². The second-order valence-electron chi connectivity index (χ2n) is 8.61. The Balaban J connectivity index is 1.32. The fourth-order valence-electron chi connectivity index (χ4n) is 4.55. The Morgan fingerprint density at radius 2 is 2.09 bits per heavy atom. The molecule has 0 radical (unpaired) electrons. The summed E-state index contributed by atoms with van der Waals surface area (Å²) in [5.74, 6) is 3.04. The molecule has 172 valence electrons. The van der Waals surface area contributed by atoms with Gasteiger partial charge in [0.25, 0.3) is 0 Å². The first kappa shape index (κ1) is 20.9. The Bertz CT molecular complexity index is 1250. The number of nitrogens with zero attached hydrogens (tertiary/aromatic N) is 3. The van der Waals surface area contributed by atoms with Crippen LogP contribution in [0.5, 0.6) is 5.75 Å². The van der Waals surface area contributed by atoms with Crippen LogP contribution in [0.2, 0.25) is 0 Å². The summed E-state index contributed by atoms with van der Waals surface area (Å²) in [6.07, 6.45) is 3.31. The van der Waals surface area contributed by atoms with Gasteiger partial charge in [-0.05, 0) is 49.6 Å². The van der Waals surface area contributed by atoms with Crippen molar-refractivity contribution in [2.45, 2.75) is 38.1 Å². The van der Waals surface area contributed by atoms with Crippen LogP contribution in [-0.4, -0.2) is 53.0 Å². The highest BCUT2D eigenvalue weighted by molar-refractivity contribution is 7.88. The Morgan fingerprint density at radius 1 is 1.18 bits per heavy atom. The maximum atomic E-state index is 14.1. The molecule has 0 saturated carbocycles. The first-order valence-corrected chi connectivity index (χ1v) is 12.8. The monoisotopic (exact) mass is 468 g/mol. The van der Waals surface area contributed by atoms with Crippen molar-refractivity contribution in [1.29, 1.82) is 0 Å². The van der Waals surface area contributed by atoms with Crippen molar-refractivity contribution in [2.24, 2.45) is 4.36 Å². The maximum Gasteiger partial charge on any atom is 0.151 e. The molecule has 2 unspecified atom stereocenters. The predicted molar refractivity (Wildman–Crippen MR) is 126 cm³/mol. The minimum absolute atomic E-state index is 0.0496. The fourth-order valence-corrected chi connectivity index (χ4v) is 5.69. The van der Waals surface area contributed by atoms with E-state index in [9.17, 15) is 4.39 Å². The zero-order valence-electron chi connectivity index (χ0n) is 18.3. The zero-order chi connectivity index (χ0) is 22.4. The van der Waals surface area contributed by atoms with Gasteiger partial charge in [-0.25, -0.2) is 18.7 Å². The number of fused-ring (bicyclic) bond motifs is 2.